The molecule has 4 heteroatoms. The molecule has 2 heterocycles. The minimum Gasteiger partial charge on any atom is -0.293 e. The lowest BCUT2D eigenvalue weighted by atomic mass is 10.1. The lowest BCUT2D eigenvalue weighted by Gasteiger charge is -2.46. The van der Waals surface area contributed by atoms with Crippen molar-refractivity contribution in [2.45, 2.75) is 51.6 Å². The van der Waals surface area contributed by atoms with E-state index in [1.165, 1.54) is 64.7 Å². The summed E-state index contributed by atoms with van der Waals surface area (Å²) in [5.41, 5.74) is 0. The molecule has 0 atom stereocenters. The predicted octanol–water partition coefficient (Wildman–Crippen LogP) is 2.08. The van der Waals surface area contributed by atoms with Gasteiger partial charge < -0.3 is 0 Å². The number of unbranched alkanes of at least 4 members (excludes halogenated alkanes) is 2. The summed E-state index contributed by atoms with van der Waals surface area (Å²) in [5, 5.41) is 0. The number of rotatable bonds is 6. The second-order valence-electron chi connectivity index (χ2n) is 6.75. The van der Waals surface area contributed by atoms with Gasteiger partial charge in [-0.1, -0.05) is 26.2 Å². The Morgan fingerprint density at radius 3 is 1.80 bits per heavy atom. The molecule has 0 bridgehead atoms. The van der Waals surface area contributed by atoms with Gasteiger partial charge in [0.1, 0.15) is 0 Å². The molecule has 0 aromatic heterocycles. The maximum absolute atomic E-state index is 2.72. The Morgan fingerprint density at radius 2 is 1.35 bits per heavy atom. The van der Waals surface area contributed by atoms with Gasteiger partial charge in [0, 0.05) is 26.2 Å². The van der Waals surface area contributed by atoms with Crippen LogP contribution in [0.3, 0.4) is 0 Å². The van der Waals surface area contributed by atoms with Crippen molar-refractivity contribution in [3.8, 4) is 0 Å². The topological polar surface area (TPSA) is 13.0 Å². The first-order valence-electron chi connectivity index (χ1n) is 8.56. The molecule has 2 rings (SSSR count). The Morgan fingerprint density at radius 1 is 0.800 bits per heavy atom. The molecule has 2 aliphatic rings. The van der Waals surface area contributed by atoms with E-state index < -0.39 is 0 Å². The highest BCUT2D eigenvalue weighted by atomic mass is 15.5. The third-order valence-electron chi connectivity index (χ3n) is 4.73. The standard InChI is InChI=1S/C16H34N4/c1-4-5-6-9-16(19-12-7-10-17(2)14-19)20-13-8-11-18(3)15-20/h16H,4-15H2,1-3H3. The fraction of sp³-hybridized carbons (Fsp3) is 1.00. The predicted molar refractivity (Wildman–Crippen MR) is 85.6 cm³/mol. The molecule has 2 aliphatic heterocycles. The van der Waals surface area contributed by atoms with E-state index in [-0.39, 0.29) is 0 Å². The minimum atomic E-state index is 0.659. The summed E-state index contributed by atoms with van der Waals surface area (Å²) >= 11 is 0. The van der Waals surface area contributed by atoms with Gasteiger partial charge in [-0.15, -0.1) is 0 Å². The first-order chi connectivity index (χ1) is 9.70. The maximum atomic E-state index is 2.72. The molecule has 4 nitrogen and oxygen atoms in total. The normalized spacial score (nSPS) is 24.6. The smallest absolute Gasteiger partial charge is 0.0644 e. The molecule has 0 aromatic carbocycles. The highest BCUT2D eigenvalue weighted by Gasteiger charge is 2.29. The molecular formula is C16H34N4. The summed E-state index contributed by atoms with van der Waals surface area (Å²) < 4.78 is 0. The van der Waals surface area contributed by atoms with Crippen LogP contribution in [-0.4, -0.2) is 79.4 Å². The zero-order chi connectivity index (χ0) is 14.4. The second-order valence-corrected chi connectivity index (χ2v) is 6.75. The summed E-state index contributed by atoms with van der Waals surface area (Å²) in [6.45, 7) is 9.69. The van der Waals surface area contributed by atoms with Crippen LogP contribution < -0.4 is 0 Å². The maximum Gasteiger partial charge on any atom is 0.0644 e. The van der Waals surface area contributed by atoms with Crippen LogP contribution in [0.1, 0.15) is 45.4 Å². The van der Waals surface area contributed by atoms with E-state index in [2.05, 4.69) is 40.6 Å². The van der Waals surface area contributed by atoms with Crippen LogP contribution in [0.15, 0.2) is 0 Å². The molecule has 0 amide bonds. The SMILES string of the molecule is CCCCCC(N1CCCN(C)C1)N1CCCN(C)C1. The average Bonchev–Trinajstić information content (AvgIpc) is 2.43. The highest BCUT2D eigenvalue weighted by molar-refractivity contribution is 4.79. The van der Waals surface area contributed by atoms with Gasteiger partial charge in [-0.3, -0.25) is 19.6 Å². The summed E-state index contributed by atoms with van der Waals surface area (Å²) in [4.78, 5) is 10.4. The van der Waals surface area contributed by atoms with Gasteiger partial charge in [-0.25, -0.2) is 0 Å². The van der Waals surface area contributed by atoms with Crippen LogP contribution in [0.25, 0.3) is 0 Å². The van der Waals surface area contributed by atoms with Crippen molar-refractivity contribution in [1.82, 2.24) is 19.6 Å². The Balaban J connectivity index is 1.95. The Bertz CT molecular complexity index is 249. The van der Waals surface area contributed by atoms with E-state index in [0.29, 0.717) is 6.17 Å². The van der Waals surface area contributed by atoms with Crippen molar-refractivity contribution >= 4 is 0 Å². The fourth-order valence-electron chi connectivity index (χ4n) is 3.65. The molecule has 0 aromatic rings. The average molecular weight is 282 g/mol. The molecule has 2 saturated heterocycles. The van der Waals surface area contributed by atoms with E-state index in [1.54, 1.807) is 0 Å². The molecule has 20 heavy (non-hydrogen) atoms. The van der Waals surface area contributed by atoms with E-state index in [1.807, 2.05) is 0 Å². The van der Waals surface area contributed by atoms with Crippen molar-refractivity contribution < 1.29 is 0 Å². The molecule has 0 spiro atoms. The molecule has 118 valence electrons. The first-order valence-corrected chi connectivity index (χ1v) is 8.56. The van der Waals surface area contributed by atoms with Crippen molar-refractivity contribution in [2.75, 3.05) is 53.6 Å². The van der Waals surface area contributed by atoms with Gasteiger partial charge in [0.25, 0.3) is 0 Å². The van der Waals surface area contributed by atoms with Crippen LogP contribution in [-0.2, 0) is 0 Å². The Hall–Kier alpha value is -0.160. The van der Waals surface area contributed by atoms with E-state index >= 15 is 0 Å². The third kappa shape index (κ3) is 4.69. The Labute approximate surface area is 125 Å². The largest absolute Gasteiger partial charge is 0.293 e. The van der Waals surface area contributed by atoms with Crippen LogP contribution in [0, 0.1) is 0 Å². The highest BCUT2D eigenvalue weighted by Crippen LogP contribution is 2.20. The quantitative estimate of drug-likeness (QED) is 0.692. The van der Waals surface area contributed by atoms with Gasteiger partial charge in [-0.05, 0) is 33.4 Å². The van der Waals surface area contributed by atoms with Crippen LogP contribution >= 0.6 is 0 Å². The molecule has 0 N–H and O–H groups in total. The summed E-state index contributed by atoms with van der Waals surface area (Å²) in [5.74, 6) is 0. The minimum absolute atomic E-state index is 0.659. The van der Waals surface area contributed by atoms with E-state index in [0.717, 1.165) is 13.3 Å². The molecular weight excluding hydrogens is 248 g/mol. The number of nitrogens with zero attached hydrogens (tertiary/aromatic N) is 4. The fourth-order valence-corrected chi connectivity index (χ4v) is 3.65. The zero-order valence-electron chi connectivity index (χ0n) is 13.9. The summed E-state index contributed by atoms with van der Waals surface area (Å²) in [6, 6.07) is 0. The first kappa shape index (κ1) is 16.2. The zero-order valence-corrected chi connectivity index (χ0v) is 13.9. The van der Waals surface area contributed by atoms with E-state index in [4.69, 9.17) is 0 Å². The third-order valence-corrected chi connectivity index (χ3v) is 4.73. The number of hydrogen-bond donors (Lipinski definition) is 0. The van der Waals surface area contributed by atoms with Crippen LogP contribution in [0.4, 0.5) is 0 Å². The van der Waals surface area contributed by atoms with E-state index in [9.17, 15) is 0 Å². The molecule has 0 saturated carbocycles. The number of hydrogen-bond acceptors (Lipinski definition) is 4. The van der Waals surface area contributed by atoms with Crippen molar-refractivity contribution in [3.05, 3.63) is 0 Å². The molecule has 0 aliphatic carbocycles. The van der Waals surface area contributed by atoms with Gasteiger partial charge in [0.2, 0.25) is 0 Å². The van der Waals surface area contributed by atoms with Gasteiger partial charge in [0.05, 0.1) is 19.5 Å². The van der Waals surface area contributed by atoms with Gasteiger partial charge in [-0.2, -0.15) is 0 Å². The van der Waals surface area contributed by atoms with Crippen molar-refractivity contribution in [1.29, 1.82) is 0 Å². The summed E-state index contributed by atoms with van der Waals surface area (Å²) in [7, 11) is 4.52. The van der Waals surface area contributed by atoms with Crippen molar-refractivity contribution in [2.24, 2.45) is 0 Å². The van der Waals surface area contributed by atoms with Crippen LogP contribution in [0.2, 0.25) is 0 Å². The molecule has 0 unspecified atom stereocenters. The second kappa shape index (κ2) is 8.32. The lowest BCUT2D eigenvalue weighted by Crippen LogP contribution is -2.58. The summed E-state index contributed by atoms with van der Waals surface area (Å²) in [6.07, 6.45) is 8.73. The van der Waals surface area contributed by atoms with Crippen LogP contribution in [0.5, 0.6) is 0 Å². The lowest BCUT2D eigenvalue weighted by molar-refractivity contribution is -0.0510. The molecule has 0 radical (unpaired) electrons. The monoisotopic (exact) mass is 282 g/mol. The van der Waals surface area contributed by atoms with Gasteiger partial charge in [0.15, 0.2) is 0 Å². The Kier molecular flexibility index (Phi) is 6.75. The van der Waals surface area contributed by atoms with Gasteiger partial charge >= 0.3 is 0 Å². The van der Waals surface area contributed by atoms with Crippen molar-refractivity contribution in [3.63, 3.8) is 0 Å². The molecule has 2 fully saturated rings.